The summed E-state index contributed by atoms with van der Waals surface area (Å²) >= 11 is 6.33. The molecule has 0 aliphatic carbocycles. The molecule has 0 amide bonds. The van der Waals surface area contributed by atoms with Crippen LogP contribution in [0.1, 0.15) is 37.0 Å². The van der Waals surface area contributed by atoms with Gasteiger partial charge in [0.15, 0.2) is 0 Å². The van der Waals surface area contributed by atoms with Crippen LogP contribution >= 0.6 is 11.6 Å². The van der Waals surface area contributed by atoms with E-state index >= 15 is 0 Å². The highest BCUT2D eigenvalue weighted by Gasteiger charge is 2.23. The van der Waals surface area contributed by atoms with Crippen molar-refractivity contribution in [1.82, 2.24) is 9.55 Å². The zero-order valence-electron chi connectivity index (χ0n) is 11.8. The lowest BCUT2D eigenvalue weighted by Crippen LogP contribution is -2.21. The van der Waals surface area contributed by atoms with E-state index in [0.29, 0.717) is 6.04 Å². The van der Waals surface area contributed by atoms with Gasteiger partial charge in [0, 0.05) is 25.3 Å². The summed E-state index contributed by atoms with van der Waals surface area (Å²) in [6, 6.07) is 6.37. The van der Waals surface area contributed by atoms with Gasteiger partial charge >= 0.3 is 0 Å². The van der Waals surface area contributed by atoms with Gasteiger partial charge in [-0.25, -0.2) is 4.98 Å². The first-order chi connectivity index (χ1) is 9.70. The van der Waals surface area contributed by atoms with Crippen LogP contribution < -0.4 is 4.74 Å². The summed E-state index contributed by atoms with van der Waals surface area (Å²) in [5.41, 5.74) is 2.07. The van der Waals surface area contributed by atoms with Gasteiger partial charge in [-0.15, -0.1) is 11.6 Å². The number of imidazole rings is 1. The Morgan fingerprint density at radius 2 is 2.15 bits per heavy atom. The standard InChI is InChI=1S/C15H19ClN2O2/c1-10(16)15-17-13-4-3-12(19-2)9-14(13)18(15)11-5-7-20-8-6-11/h3-4,9-11H,5-8H2,1-2H3. The van der Waals surface area contributed by atoms with E-state index in [2.05, 4.69) is 4.57 Å². The van der Waals surface area contributed by atoms with E-state index < -0.39 is 0 Å². The summed E-state index contributed by atoms with van der Waals surface area (Å²) in [7, 11) is 1.68. The topological polar surface area (TPSA) is 36.3 Å². The lowest BCUT2D eigenvalue weighted by atomic mass is 10.1. The van der Waals surface area contributed by atoms with Crippen molar-refractivity contribution >= 4 is 22.6 Å². The van der Waals surface area contributed by atoms with Crippen molar-refractivity contribution in [3.8, 4) is 5.75 Å². The summed E-state index contributed by atoms with van der Waals surface area (Å²) in [4.78, 5) is 4.70. The number of hydrogen-bond acceptors (Lipinski definition) is 3. The van der Waals surface area contributed by atoms with Crippen molar-refractivity contribution in [3.63, 3.8) is 0 Å². The van der Waals surface area contributed by atoms with Crippen molar-refractivity contribution in [2.45, 2.75) is 31.2 Å². The molecule has 0 spiro atoms. The molecule has 4 nitrogen and oxygen atoms in total. The molecule has 20 heavy (non-hydrogen) atoms. The molecule has 0 N–H and O–H groups in total. The Hall–Kier alpha value is -1.26. The van der Waals surface area contributed by atoms with Crippen molar-refractivity contribution in [2.24, 2.45) is 0 Å². The molecule has 1 unspecified atom stereocenters. The predicted molar refractivity (Wildman–Crippen MR) is 79.6 cm³/mol. The molecule has 5 heteroatoms. The number of fused-ring (bicyclic) bond motifs is 1. The third-order valence-corrected chi connectivity index (χ3v) is 4.03. The minimum absolute atomic E-state index is 0.115. The average molecular weight is 295 g/mol. The molecule has 1 fully saturated rings. The molecule has 2 aromatic rings. The van der Waals surface area contributed by atoms with Crippen molar-refractivity contribution < 1.29 is 9.47 Å². The molecule has 0 bridgehead atoms. The lowest BCUT2D eigenvalue weighted by molar-refractivity contribution is 0.0698. The third-order valence-electron chi connectivity index (χ3n) is 3.84. The quantitative estimate of drug-likeness (QED) is 0.810. The fraction of sp³-hybridized carbons (Fsp3) is 0.533. The highest BCUT2D eigenvalue weighted by molar-refractivity contribution is 6.20. The number of nitrogens with zero attached hydrogens (tertiary/aromatic N) is 2. The van der Waals surface area contributed by atoms with E-state index in [1.54, 1.807) is 7.11 Å². The fourth-order valence-electron chi connectivity index (χ4n) is 2.83. The lowest BCUT2D eigenvalue weighted by Gasteiger charge is -2.26. The molecule has 2 heterocycles. The monoisotopic (exact) mass is 294 g/mol. The zero-order valence-corrected chi connectivity index (χ0v) is 12.6. The number of benzene rings is 1. The van der Waals surface area contributed by atoms with Gasteiger partial charge < -0.3 is 14.0 Å². The van der Waals surface area contributed by atoms with Crippen molar-refractivity contribution in [1.29, 1.82) is 0 Å². The van der Waals surface area contributed by atoms with E-state index in [-0.39, 0.29) is 5.38 Å². The van der Waals surface area contributed by atoms with E-state index in [1.165, 1.54) is 0 Å². The number of methoxy groups -OCH3 is 1. The molecule has 1 atom stereocenters. The Bertz CT molecular complexity index is 603. The number of aromatic nitrogens is 2. The van der Waals surface area contributed by atoms with Crippen LogP contribution in [0.25, 0.3) is 11.0 Å². The Balaban J connectivity index is 2.15. The van der Waals surface area contributed by atoms with Crippen molar-refractivity contribution in [2.75, 3.05) is 20.3 Å². The van der Waals surface area contributed by atoms with Gasteiger partial charge in [-0.2, -0.15) is 0 Å². The zero-order chi connectivity index (χ0) is 14.1. The highest BCUT2D eigenvalue weighted by Crippen LogP contribution is 2.33. The maximum absolute atomic E-state index is 6.33. The number of halogens is 1. The molecule has 108 valence electrons. The Labute approximate surface area is 123 Å². The molecule has 1 aromatic heterocycles. The second-order valence-corrected chi connectivity index (χ2v) is 5.81. The van der Waals surface area contributed by atoms with Gasteiger partial charge in [0.1, 0.15) is 11.6 Å². The molecule has 1 saturated heterocycles. The average Bonchev–Trinajstić information content (AvgIpc) is 2.86. The summed E-state index contributed by atoms with van der Waals surface area (Å²) in [5.74, 6) is 1.78. The van der Waals surface area contributed by atoms with Gasteiger partial charge in [-0.3, -0.25) is 0 Å². The largest absolute Gasteiger partial charge is 0.497 e. The molecular weight excluding hydrogens is 276 g/mol. The first-order valence-electron chi connectivity index (χ1n) is 6.98. The SMILES string of the molecule is COc1ccc2nc(C(C)Cl)n(C3CCOCC3)c2c1. The summed E-state index contributed by atoms with van der Waals surface area (Å²) in [6.07, 6.45) is 2.00. The Morgan fingerprint density at radius 1 is 1.40 bits per heavy atom. The smallest absolute Gasteiger partial charge is 0.127 e. The van der Waals surface area contributed by atoms with Gasteiger partial charge in [0.25, 0.3) is 0 Å². The molecule has 1 aliphatic heterocycles. The minimum atomic E-state index is -0.115. The Morgan fingerprint density at radius 3 is 2.80 bits per heavy atom. The van der Waals surface area contributed by atoms with E-state index in [1.807, 2.05) is 25.1 Å². The van der Waals surface area contributed by atoms with Gasteiger partial charge in [0.05, 0.1) is 23.5 Å². The molecule has 1 aliphatic rings. The van der Waals surface area contributed by atoms with Gasteiger partial charge in [-0.1, -0.05) is 0 Å². The summed E-state index contributed by atoms with van der Waals surface area (Å²) in [6.45, 7) is 3.56. The second-order valence-electron chi connectivity index (χ2n) is 5.15. The normalized spacial score (nSPS) is 18.4. The minimum Gasteiger partial charge on any atom is -0.497 e. The van der Waals surface area contributed by atoms with Crippen LogP contribution in [0, 0.1) is 0 Å². The van der Waals surface area contributed by atoms with Crippen molar-refractivity contribution in [3.05, 3.63) is 24.0 Å². The fourth-order valence-corrected chi connectivity index (χ4v) is 2.98. The number of ether oxygens (including phenoxy) is 2. The summed E-state index contributed by atoms with van der Waals surface area (Å²) < 4.78 is 13.1. The molecule has 0 saturated carbocycles. The molecule has 0 radical (unpaired) electrons. The van der Waals surface area contributed by atoms with Crippen LogP contribution in [0.2, 0.25) is 0 Å². The number of alkyl halides is 1. The maximum Gasteiger partial charge on any atom is 0.127 e. The van der Waals surface area contributed by atoms with E-state index in [4.69, 9.17) is 26.1 Å². The molecule has 3 rings (SSSR count). The van der Waals surface area contributed by atoms with Gasteiger partial charge in [0.2, 0.25) is 0 Å². The first-order valence-corrected chi connectivity index (χ1v) is 7.42. The first kappa shape index (κ1) is 13.7. The van der Waals surface area contributed by atoms with Crippen LogP contribution in [0.15, 0.2) is 18.2 Å². The van der Waals surface area contributed by atoms with E-state index in [0.717, 1.165) is 48.7 Å². The molecule has 1 aromatic carbocycles. The maximum atomic E-state index is 6.33. The third kappa shape index (κ3) is 2.38. The van der Waals surface area contributed by atoms with Crippen LogP contribution in [0.4, 0.5) is 0 Å². The number of rotatable bonds is 3. The van der Waals surface area contributed by atoms with Crippen LogP contribution in [0.3, 0.4) is 0 Å². The highest BCUT2D eigenvalue weighted by atomic mass is 35.5. The van der Waals surface area contributed by atoms with Gasteiger partial charge in [-0.05, 0) is 31.9 Å². The summed E-state index contributed by atoms with van der Waals surface area (Å²) in [5, 5.41) is -0.115. The second kappa shape index (κ2) is 5.62. The van der Waals surface area contributed by atoms with Crippen LogP contribution in [-0.4, -0.2) is 29.9 Å². The number of hydrogen-bond donors (Lipinski definition) is 0. The van der Waals surface area contributed by atoms with Crippen LogP contribution in [0.5, 0.6) is 5.75 Å². The predicted octanol–water partition coefficient (Wildman–Crippen LogP) is 3.70. The van der Waals surface area contributed by atoms with Crippen LogP contribution in [-0.2, 0) is 4.74 Å². The molecular formula is C15H19ClN2O2. The van der Waals surface area contributed by atoms with E-state index in [9.17, 15) is 0 Å². The Kier molecular flexibility index (Phi) is 3.85.